The third kappa shape index (κ3) is 3.06. The minimum atomic E-state index is -0.691. The molecule has 98 valence electrons. The molecule has 2 rings (SSSR count). The molecule has 0 aromatic carbocycles. The van der Waals surface area contributed by atoms with Crippen LogP contribution in [0, 0.1) is 10.1 Å². The van der Waals surface area contributed by atoms with Crippen LogP contribution >= 0.6 is 22.9 Å². The van der Waals surface area contributed by atoms with Gasteiger partial charge in [0, 0.05) is 18.1 Å². The predicted octanol–water partition coefficient (Wildman–Crippen LogP) is 0.596. The first kappa shape index (κ1) is 13.0. The summed E-state index contributed by atoms with van der Waals surface area (Å²) in [5.74, 6) is 0.322. The Kier molecular flexibility index (Phi) is 3.94. The SMILES string of the molecule is CN1CNCN(Cc2cnc(Cl)s2)C1=N[N+](=O)[O-]. The van der Waals surface area contributed by atoms with E-state index in [0.717, 1.165) is 4.88 Å². The van der Waals surface area contributed by atoms with Crippen LogP contribution in [0.3, 0.4) is 0 Å². The van der Waals surface area contributed by atoms with E-state index in [1.165, 1.54) is 11.3 Å². The molecule has 0 bridgehead atoms. The van der Waals surface area contributed by atoms with Crippen molar-refractivity contribution < 1.29 is 5.03 Å². The van der Waals surface area contributed by atoms with Crippen molar-refractivity contribution in [2.24, 2.45) is 5.10 Å². The molecule has 0 aliphatic carbocycles. The number of rotatable bonds is 3. The van der Waals surface area contributed by atoms with E-state index in [0.29, 0.717) is 30.3 Å². The van der Waals surface area contributed by atoms with Gasteiger partial charge in [0.25, 0.3) is 5.96 Å². The van der Waals surface area contributed by atoms with Crippen LogP contribution < -0.4 is 5.32 Å². The van der Waals surface area contributed by atoms with Crippen molar-refractivity contribution in [2.75, 3.05) is 20.4 Å². The number of nitro groups is 1. The summed E-state index contributed by atoms with van der Waals surface area (Å²) in [6.07, 6.45) is 1.66. The first-order valence-electron chi connectivity index (χ1n) is 5.06. The van der Waals surface area contributed by atoms with Crippen molar-refractivity contribution >= 4 is 28.9 Å². The van der Waals surface area contributed by atoms with Crippen LogP contribution in [0.15, 0.2) is 11.3 Å². The van der Waals surface area contributed by atoms with Gasteiger partial charge in [0.05, 0.1) is 19.9 Å². The number of thiazole rings is 1. The van der Waals surface area contributed by atoms with E-state index < -0.39 is 5.03 Å². The molecule has 0 atom stereocenters. The molecule has 2 heterocycles. The van der Waals surface area contributed by atoms with E-state index in [4.69, 9.17) is 11.6 Å². The molecular weight excluding hydrogens is 280 g/mol. The first-order chi connectivity index (χ1) is 8.56. The van der Waals surface area contributed by atoms with Crippen molar-refractivity contribution in [3.8, 4) is 0 Å². The fourth-order valence-corrected chi connectivity index (χ4v) is 2.61. The van der Waals surface area contributed by atoms with Crippen LogP contribution in [0.4, 0.5) is 0 Å². The second-order valence-electron chi connectivity index (χ2n) is 3.68. The molecule has 1 saturated heterocycles. The molecule has 1 aliphatic heterocycles. The van der Waals surface area contributed by atoms with Gasteiger partial charge in [-0.05, 0) is 0 Å². The van der Waals surface area contributed by atoms with Crippen molar-refractivity contribution in [3.05, 3.63) is 25.7 Å². The standard InChI is InChI=1S/C8H11ClN6O2S/c1-13-4-10-5-14(8(13)12-15(16)17)3-6-2-11-7(9)18-6/h2,10H,3-5H2,1H3. The number of halogens is 1. The zero-order chi connectivity index (χ0) is 13.1. The van der Waals surface area contributed by atoms with Gasteiger partial charge in [-0.25, -0.2) is 15.1 Å². The molecule has 1 N–H and O–H groups in total. The highest BCUT2D eigenvalue weighted by Gasteiger charge is 2.24. The molecule has 1 fully saturated rings. The van der Waals surface area contributed by atoms with Gasteiger partial charge in [-0.2, -0.15) is 0 Å². The lowest BCUT2D eigenvalue weighted by Gasteiger charge is -2.35. The quantitative estimate of drug-likeness (QED) is 0.648. The van der Waals surface area contributed by atoms with Crippen LogP contribution in [-0.2, 0) is 6.54 Å². The number of hydrogen-bond acceptors (Lipinski definition) is 5. The monoisotopic (exact) mass is 290 g/mol. The van der Waals surface area contributed by atoms with Crippen molar-refractivity contribution in [3.63, 3.8) is 0 Å². The molecule has 1 aromatic heterocycles. The number of guanidine groups is 1. The van der Waals surface area contributed by atoms with Gasteiger partial charge >= 0.3 is 0 Å². The summed E-state index contributed by atoms with van der Waals surface area (Å²) < 4.78 is 0.455. The zero-order valence-electron chi connectivity index (χ0n) is 9.54. The predicted molar refractivity (Wildman–Crippen MR) is 67.7 cm³/mol. The zero-order valence-corrected chi connectivity index (χ0v) is 11.1. The van der Waals surface area contributed by atoms with Crippen LogP contribution in [-0.4, -0.2) is 46.2 Å². The van der Waals surface area contributed by atoms with Gasteiger partial charge < -0.3 is 9.80 Å². The maximum absolute atomic E-state index is 10.5. The van der Waals surface area contributed by atoms with Crippen molar-refractivity contribution in [1.82, 2.24) is 20.1 Å². The lowest BCUT2D eigenvalue weighted by atomic mass is 10.4. The fourth-order valence-electron chi connectivity index (χ4n) is 1.62. The summed E-state index contributed by atoms with van der Waals surface area (Å²) in [5, 5.41) is 16.4. The maximum Gasteiger partial charge on any atom is 0.276 e. The minimum absolute atomic E-state index is 0.322. The van der Waals surface area contributed by atoms with Crippen LogP contribution in [0.2, 0.25) is 4.47 Å². The molecule has 0 unspecified atom stereocenters. The molecule has 1 aromatic rings. The third-order valence-electron chi connectivity index (χ3n) is 2.32. The Hall–Kier alpha value is -1.45. The highest BCUT2D eigenvalue weighted by atomic mass is 35.5. The van der Waals surface area contributed by atoms with Crippen LogP contribution in [0.5, 0.6) is 0 Å². The molecular formula is C8H11ClN6O2S. The Morgan fingerprint density at radius 3 is 3.11 bits per heavy atom. The molecule has 8 nitrogen and oxygen atoms in total. The number of hydrazone groups is 1. The van der Waals surface area contributed by atoms with Gasteiger partial charge in [0.2, 0.25) is 0 Å². The Balaban J connectivity index is 2.15. The van der Waals surface area contributed by atoms with Gasteiger partial charge in [-0.15, -0.1) is 11.3 Å². The van der Waals surface area contributed by atoms with Crippen molar-refractivity contribution in [2.45, 2.75) is 6.54 Å². The van der Waals surface area contributed by atoms with E-state index in [1.54, 1.807) is 23.0 Å². The fraction of sp³-hybridized carbons (Fsp3) is 0.500. The first-order valence-corrected chi connectivity index (χ1v) is 6.25. The van der Waals surface area contributed by atoms with Crippen LogP contribution in [0.25, 0.3) is 0 Å². The van der Waals surface area contributed by atoms with Gasteiger partial charge in [0.15, 0.2) is 9.50 Å². The summed E-state index contributed by atoms with van der Waals surface area (Å²) >= 11 is 7.10. The summed E-state index contributed by atoms with van der Waals surface area (Å²) in [6.45, 7) is 1.49. The Morgan fingerprint density at radius 2 is 2.50 bits per heavy atom. The summed E-state index contributed by atoms with van der Waals surface area (Å²) in [4.78, 5) is 18.8. The molecule has 0 saturated carbocycles. The Labute approximate surface area is 112 Å². The Bertz CT molecular complexity index is 478. The topological polar surface area (TPSA) is 86.9 Å². The van der Waals surface area contributed by atoms with E-state index >= 15 is 0 Å². The second-order valence-corrected chi connectivity index (χ2v) is 5.38. The minimum Gasteiger partial charge on any atom is -0.328 e. The summed E-state index contributed by atoms with van der Waals surface area (Å²) in [6, 6.07) is 0. The van der Waals surface area contributed by atoms with Crippen LogP contribution in [0.1, 0.15) is 4.88 Å². The molecule has 10 heteroatoms. The smallest absolute Gasteiger partial charge is 0.276 e. The number of nitrogens with zero attached hydrogens (tertiary/aromatic N) is 5. The number of aromatic nitrogens is 1. The average Bonchev–Trinajstić information content (AvgIpc) is 2.69. The number of nitrogens with one attached hydrogen (secondary N) is 1. The molecule has 18 heavy (non-hydrogen) atoms. The number of hydrogen-bond donors (Lipinski definition) is 1. The molecule has 0 amide bonds. The molecule has 1 aliphatic rings. The Morgan fingerprint density at radius 1 is 1.72 bits per heavy atom. The maximum atomic E-state index is 10.5. The van der Waals surface area contributed by atoms with Gasteiger partial charge in [-0.3, -0.25) is 5.32 Å². The summed E-state index contributed by atoms with van der Waals surface area (Å²) in [7, 11) is 1.74. The third-order valence-corrected chi connectivity index (χ3v) is 3.42. The summed E-state index contributed by atoms with van der Waals surface area (Å²) in [5.41, 5.74) is 0. The highest BCUT2D eigenvalue weighted by molar-refractivity contribution is 7.15. The van der Waals surface area contributed by atoms with E-state index in [9.17, 15) is 10.1 Å². The van der Waals surface area contributed by atoms with E-state index in [-0.39, 0.29) is 0 Å². The van der Waals surface area contributed by atoms with E-state index in [1.807, 2.05) is 0 Å². The largest absolute Gasteiger partial charge is 0.328 e. The van der Waals surface area contributed by atoms with Crippen molar-refractivity contribution in [1.29, 1.82) is 0 Å². The second kappa shape index (κ2) is 5.46. The normalized spacial score (nSPS) is 18.4. The highest BCUT2D eigenvalue weighted by Crippen LogP contribution is 2.20. The lowest BCUT2D eigenvalue weighted by Crippen LogP contribution is -2.55. The molecule has 0 radical (unpaired) electrons. The van der Waals surface area contributed by atoms with Gasteiger partial charge in [-0.1, -0.05) is 11.6 Å². The lowest BCUT2D eigenvalue weighted by molar-refractivity contribution is -0.486. The van der Waals surface area contributed by atoms with Gasteiger partial charge in [0.1, 0.15) is 5.10 Å². The average molecular weight is 291 g/mol. The van der Waals surface area contributed by atoms with E-state index in [2.05, 4.69) is 15.4 Å². The molecule has 0 spiro atoms.